The second kappa shape index (κ2) is 6.75. The third kappa shape index (κ3) is 3.66. The van der Waals surface area contributed by atoms with Gasteiger partial charge in [0.05, 0.1) is 0 Å². The van der Waals surface area contributed by atoms with Crippen LogP contribution in [0.5, 0.6) is 0 Å². The van der Waals surface area contributed by atoms with Gasteiger partial charge in [0.15, 0.2) is 0 Å². The van der Waals surface area contributed by atoms with Crippen LogP contribution in [0, 0.1) is 11.7 Å². The summed E-state index contributed by atoms with van der Waals surface area (Å²) in [6.07, 6.45) is 4.94. The SMILES string of the molecule is CCC1CCC(N(C)S(=O)(=O)c2ccc(Br)cc2F)CC1. The maximum absolute atomic E-state index is 14.0. The lowest BCUT2D eigenvalue weighted by molar-refractivity contribution is 0.232. The summed E-state index contributed by atoms with van der Waals surface area (Å²) < 4.78 is 41.0. The van der Waals surface area contributed by atoms with Crippen molar-refractivity contribution in [1.29, 1.82) is 0 Å². The molecule has 1 aliphatic carbocycles. The summed E-state index contributed by atoms with van der Waals surface area (Å²) in [6, 6.07) is 4.04. The van der Waals surface area contributed by atoms with Crippen molar-refractivity contribution >= 4 is 26.0 Å². The molecule has 0 atom stereocenters. The summed E-state index contributed by atoms with van der Waals surface area (Å²) in [5.74, 6) is -0.0137. The van der Waals surface area contributed by atoms with Crippen LogP contribution in [0.3, 0.4) is 0 Å². The quantitative estimate of drug-likeness (QED) is 0.788. The Morgan fingerprint density at radius 2 is 1.90 bits per heavy atom. The highest BCUT2D eigenvalue weighted by molar-refractivity contribution is 9.10. The number of rotatable bonds is 4. The molecule has 0 heterocycles. The zero-order valence-electron chi connectivity index (χ0n) is 12.4. The third-order valence-electron chi connectivity index (χ3n) is 4.46. The van der Waals surface area contributed by atoms with E-state index in [2.05, 4.69) is 22.9 Å². The molecule has 0 saturated heterocycles. The topological polar surface area (TPSA) is 37.4 Å². The van der Waals surface area contributed by atoms with Gasteiger partial charge in [0.2, 0.25) is 10.0 Å². The fourth-order valence-corrected chi connectivity index (χ4v) is 4.74. The van der Waals surface area contributed by atoms with E-state index in [9.17, 15) is 12.8 Å². The summed E-state index contributed by atoms with van der Waals surface area (Å²) in [5, 5.41) is 0. The summed E-state index contributed by atoms with van der Waals surface area (Å²) >= 11 is 3.14. The van der Waals surface area contributed by atoms with Crippen molar-refractivity contribution in [2.24, 2.45) is 5.92 Å². The zero-order valence-corrected chi connectivity index (χ0v) is 14.8. The largest absolute Gasteiger partial charge is 0.245 e. The first-order chi connectivity index (χ1) is 9.86. The van der Waals surface area contributed by atoms with Crippen molar-refractivity contribution < 1.29 is 12.8 Å². The Hall–Kier alpha value is -0.460. The summed E-state index contributed by atoms with van der Waals surface area (Å²) in [7, 11) is -2.21. The molecule has 0 unspecified atom stereocenters. The van der Waals surface area contributed by atoms with Gasteiger partial charge in [-0.05, 0) is 49.8 Å². The van der Waals surface area contributed by atoms with E-state index in [1.807, 2.05) is 0 Å². The van der Waals surface area contributed by atoms with E-state index in [1.165, 1.54) is 16.4 Å². The average Bonchev–Trinajstić information content (AvgIpc) is 2.46. The van der Waals surface area contributed by atoms with Gasteiger partial charge in [-0.1, -0.05) is 29.3 Å². The van der Waals surface area contributed by atoms with Gasteiger partial charge in [0.1, 0.15) is 10.7 Å². The summed E-state index contributed by atoms with van der Waals surface area (Å²) in [6.45, 7) is 2.17. The second-order valence-electron chi connectivity index (χ2n) is 5.68. The Morgan fingerprint density at radius 1 is 1.29 bits per heavy atom. The minimum Gasteiger partial charge on any atom is -0.207 e. The summed E-state index contributed by atoms with van der Waals surface area (Å²) in [4.78, 5) is -0.245. The summed E-state index contributed by atoms with van der Waals surface area (Å²) in [5.41, 5.74) is 0. The molecule has 3 nitrogen and oxygen atoms in total. The Labute approximate surface area is 134 Å². The molecule has 1 aromatic carbocycles. The number of sulfonamides is 1. The standard InChI is InChI=1S/C15H21BrFNO2S/c1-3-11-4-7-13(8-5-11)18(2)21(19,20)15-9-6-12(16)10-14(15)17/h6,9-11,13H,3-5,7-8H2,1-2H3. The minimum atomic E-state index is -3.77. The molecule has 0 amide bonds. The molecule has 2 rings (SSSR count). The van der Waals surface area contributed by atoms with Gasteiger partial charge in [0, 0.05) is 17.6 Å². The van der Waals surface area contributed by atoms with Crippen LogP contribution in [0.4, 0.5) is 4.39 Å². The molecule has 1 aromatic rings. The first-order valence-corrected chi connectivity index (χ1v) is 9.52. The predicted molar refractivity (Wildman–Crippen MR) is 85.1 cm³/mol. The highest BCUT2D eigenvalue weighted by atomic mass is 79.9. The average molecular weight is 378 g/mol. The van der Waals surface area contributed by atoms with E-state index in [1.54, 1.807) is 13.1 Å². The van der Waals surface area contributed by atoms with E-state index in [4.69, 9.17) is 0 Å². The van der Waals surface area contributed by atoms with Crippen LogP contribution >= 0.6 is 15.9 Å². The Morgan fingerprint density at radius 3 is 2.43 bits per heavy atom. The lowest BCUT2D eigenvalue weighted by Crippen LogP contribution is -2.39. The van der Waals surface area contributed by atoms with Crippen molar-refractivity contribution in [1.82, 2.24) is 4.31 Å². The number of nitrogens with zero attached hydrogens (tertiary/aromatic N) is 1. The molecule has 1 saturated carbocycles. The molecular weight excluding hydrogens is 357 g/mol. The maximum atomic E-state index is 14.0. The fourth-order valence-electron chi connectivity index (χ4n) is 2.95. The molecular formula is C15H21BrFNO2S. The second-order valence-corrected chi connectivity index (χ2v) is 8.56. The van der Waals surface area contributed by atoms with Gasteiger partial charge in [0.25, 0.3) is 0 Å². The molecule has 0 spiro atoms. The predicted octanol–water partition coefficient (Wildman–Crippen LogP) is 4.18. The molecule has 0 aliphatic heterocycles. The van der Waals surface area contributed by atoms with Crippen LogP contribution < -0.4 is 0 Å². The smallest absolute Gasteiger partial charge is 0.207 e. The van der Waals surface area contributed by atoms with Crippen LogP contribution in [-0.4, -0.2) is 25.8 Å². The minimum absolute atomic E-state index is 0.0270. The third-order valence-corrected chi connectivity index (χ3v) is 6.90. The van der Waals surface area contributed by atoms with Gasteiger partial charge >= 0.3 is 0 Å². The van der Waals surface area contributed by atoms with Crippen LogP contribution in [0.1, 0.15) is 39.0 Å². The van der Waals surface area contributed by atoms with Gasteiger partial charge in [-0.2, -0.15) is 4.31 Å². The molecule has 21 heavy (non-hydrogen) atoms. The number of hydrogen-bond acceptors (Lipinski definition) is 2. The van der Waals surface area contributed by atoms with Crippen molar-refractivity contribution in [3.05, 3.63) is 28.5 Å². The molecule has 1 fully saturated rings. The fraction of sp³-hybridized carbons (Fsp3) is 0.600. The van der Waals surface area contributed by atoms with Crippen LogP contribution in [0.2, 0.25) is 0 Å². The van der Waals surface area contributed by atoms with Crippen LogP contribution in [0.15, 0.2) is 27.6 Å². The Kier molecular flexibility index (Phi) is 5.43. The van der Waals surface area contributed by atoms with Crippen molar-refractivity contribution in [3.8, 4) is 0 Å². The normalized spacial score (nSPS) is 23.5. The Bertz CT molecular complexity index is 598. The Balaban J connectivity index is 2.19. The van der Waals surface area contributed by atoms with E-state index < -0.39 is 15.8 Å². The number of hydrogen-bond donors (Lipinski definition) is 0. The first-order valence-electron chi connectivity index (χ1n) is 7.29. The molecule has 0 N–H and O–H groups in total. The lowest BCUT2D eigenvalue weighted by Gasteiger charge is -2.33. The number of benzene rings is 1. The van der Waals surface area contributed by atoms with Gasteiger partial charge in [-0.25, -0.2) is 12.8 Å². The number of halogens is 2. The van der Waals surface area contributed by atoms with Crippen LogP contribution in [-0.2, 0) is 10.0 Å². The molecule has 6 heteroatoms. The van der Waals surface area contributed by atoms with Crippen molar-refractivity contribution in [2.45, 2.75) is 50.0 Å². The van der Waals surface area contributed by atoms with Crippen molar-refractivity contribution in [2.75, 3.05) is 7.05 Å². The zero-order chi connectivity index (χ0) is 15.6. The maximum Gasteiger partial charge on any atom is 0.245 e. The molecule has 0 bridgehead atoms. The molecule has 0 aromatic heterocycles. The van der Waals surface area contributed by atoms with Gasteiger partial charge in [-0.15, -0.1) is 0 Å². The van der Waals surface area contributed by atoms with E-state index in [-0.39, 0.29) is 10.9 Å². The van der Waals surface area contributed by atoms with E-state index in [0.29, 0.717) is 10.4 Å². The lowest BCUT2D eigenvalue weighted by atomic mass is 9.85. The molecule has 118 valence electrons. The van der Waals surface area contributed by atoms with Crippen LogP contribution in [0.25, 0.3) is 0 Å². The highest BCUT2D eigenvalue weighted by Gasteiger charge is 2.32. The molecule has 0 radical (unpaired) electrons. The van der Waals surface area contributed by atoms with E-state index in [0.717, 1.165) is 32.1 Å². The highest BCUT2D eigenvalue weighted by Crippen LogP contribution is 2.32. The van der Waals surface area contributed by atoms with Gasteiger partial charge in [-0.3, -0.25) is 0 Å². The molecule has 1 aliphatic rings. The monoisotopic (exact) mass is 377 g/mol. The first kappa shape index (κ1) is 16.9. The van der Waals surface area contributed by atoms with Gasteiger partial charge < -0.3 is 0 Å². The van der Waals surface area contributed by atoms with Crippen molar-refractivity contribution in [3.63, 3.8) is 0 Å². The van der Waals surface area contributed by atoms with E-state index >= 15 is 0 Å².